The number of ether oxygens (including phenoxy) is 1. The molecule has 1 aliphatic rings. The number of rotatable bonds is 4. The summed E-state index contributed by atoms with van der Waals surface area (Å²) in [6, 6.07) is 14.6. The number of hydrogen-bond donors (Lipinski definition) is 2. The summed E-state index contributed by atoms with van der Waals surface area (Å²) in [5, 5.41) is 5.57. The van der Waals surface area contributed by atoms with Gasteiger partial charge in [-0.05, 0) is 37.1 Å². The average molecular weight is 327 g/mol. The van der Waals surface area contributed by atoms with E-state index in [0.717, 1.165) is 13.1 Å². The Labute approximate surface area is 143 Å². The zero-order chi connectivity index (χ0) is 17.1. The second kappa shape index (κ2) is 7.32. The van der Waals surface area contributed by atoms with Crippen LogP contribution in [0.2, 0.25) is 0 Å². The first-order valence-corrected chi connectivity index (χ1v) is 8.79. The molecule has 128 valence electrons. The fourth-order valence-electron chi connectivity index (χ4n) is 3.76. The Morgan fingerprint density at radius 3 is 2.58 bits per heavy atom. The van der Waals surface area contributed by atoms with E-state index < -0.39 is 0 Å². The van der Waals surface area contributed by atoms with Gasteiger partial charge in [-0.25, -0.2) is 0 Å². The predicted octanol–water partition coefficient (Wildman–Crippen LogP) is 1.71. The van der Waals surface area contributed by atoms with Crippen molar-refractivity contribution in [2.45, 2.75) is 39.0 Å². The second-order valence-corrected chi connectivity index (χ2v) is 6.95. The van der Waals surface area contributed by atoms with E-state index in [9.17, 15) is 4.79 Å². The van der Waals surface area contributed by atoms with Gasteiger partial charge in [-0.1, -0.05) is 42.5 Å². The summed E-state index contributed by atoms with van der Waals surface area (Å²) in [4.78, 5) is 13.8. The van der Waals surface area contributed by atoms with Crippen LogP contribution in [-0.4, -0.2) is 37.7 Å². The molecule has 0 bridgehead atoms. The molecule has 24 heavy (non-hydrogen) atoms. The van der Waals surface area contributed by atoms with Gasteiger partial charge >= 0.3 is 0 Å². The molecule has 0 saturated carbocycles. The third-order valence-electron chi connectivity index (χ3n) is 4.69. The normalized spacial score (nSPS) is 25.4. The minimum absolute atomic E-state index is 0.00103. The highest BCUT2D eigenvalue weighted by molar-refractivity contribution is 5.87. The third-order valence-corrected chi connectivity index (χ3v) is 4.69. The van der Waals surface area contributed by atoms with Gasteiger partial charge in [0.1, 0.15) is 25.3 Å². The summed E-state index contributed by atoms with van der Waals surface area (Å²) in [6.45, 7) is 8.49. The summed E-state index contributed by atoms with van der Waals surface area (Å²) in [5.74, 6) is 0.103. The molecule has 1 saturated heterocycles. The van der Waals surface area contributed by atoms with Crippen LogP contribution < -0.4 is 10.2 Å². The van der Waals surface area contributed by atoms with Crippen LogP contribution in [-0.2, 0) is 9.53 Å². The summed E-state index contributed by atoms with van der Waals surface area (Å²) in [6.07, 6.45) is 0.430. The van der Waals surface area contributed by atoms with Crippen LogP contribution in [0.5, 0.6) is 0 Å². The van der Waals surface area contributed by atoms with Gasteiger partial charge in [-0.15, -0.1) is 0 Å². The molecule has 4 heteroatoms. The molecular formula is C20H27N2O2+. The van der Waals surface area contributed by atoms with Gasteiger partial charge in [0.25, 0.3) is 5.91 Å². The molecule has 0 aromatic heterocycles. The maximum atomic E-state index is 12.5. The highest BCUT2D eigenvalue weighted by atomic mass is 16.5. The van der Waals surface area contributed by atoms with E-state index in [0.29, 0.717) is 6.54 Å². The maximum Gasteiger partial charge on any atom is 0.275 e. The molecule has 1 amide bonds. The van der Waals surface area contributed by atoms with Crippen molar-refractivity contribution in [2.75, 3.05) is 19.6 Å². The van der Waals surface area contributed by atoms with Crippen molar-refractivity contribution in [1.82, 2.24) is 5.32 Å². The number of hydrogen-bond acceptors (Lipinski definition) is 2. The number of nitrogens with one attached hydrogen (secondary N) is 2. The van der Waals surface area contributed by atoms with Gasteiger partial charge in [-0.3, -0.25) is 4.79 Å². The molecule has 3 rings (SSSR count). The Kier molecular flexibility index (Phi) is 5.17. The zero-order valence-corrected chi connectivity index (χ0v) is 14.7. The fraction of sp³-hybridized carbons (Fsp3) is 0.450. The Morgan fingerprint density at radius 1 is 1.17 bits per heavy atom. The molecule has 1 unspecified atom stereocenters. The standard InChI is InChI=1S/C20H26N2O2/c1-14-11-22(12-15(2)24-14)13-20(23)21-16(3)18-10-6-8-17-7-4-5-9-19(17)18/h4-10,14-16H,11-13H2,1-3H3,(H,21,23)/p+1/t14-,15+,16-/m0/s1. The largest absolute Gasteiger partial charge is 0.364 e. The second-order valence-electron chi connectivity index (χ2n) is 6.95. The molecule has 2 aromatic carbocycles. The van der Waals surface area contributed by atoms with Crippen molar-refractivity contribution in [3.63, 3.8) is 0 Å². The Bertz CT molecular complexity index is 700. The number of amides is 1. The minimum Gasteiger partial charge on any atom is -0.364 e. The van der Waals surface area contributed by atoms with Crippen LogP contribution in [0.25, 0.3) is 10.8 Å². The number of quaternary nitrogens is 1. The van der Waals surface area contributed by atoms with E-state index >= 15 is 0 Å². The first-order valence-electron chi connectivity index (χ1n) is 8.79. The Morgan fingerprint density at radius 2 is 1.83 bits per heavy atom. The van der Waals surface area contributed by atoms with E-state index in [4.69, 9.17) is 4.74 Å². The number of carbonyl (C=O) groups is 1. The first-order chi connectivity index (χ1) is 11.5. The maximum absolute atomic E-state index is 12.5. The lowest BCUT2D eigenvalue weighted by molar-refractivity contribution is -0.907. The lowest BCUT2D eigenvalue weighted by Crippen LogP contribution is -3.16. The highest BCUT2D eigenvalue weighted by Gasteiger charge is 2.27. The quantitative estimate of drug-likeness (QED) is 0.898. The molecule has 1 aliphatic heterocycles. The molecule has 0 spiro atoms. The van der Waals surface area contributed by atoms with E-state index in [2.05, 4.69) is 56.4 Å². The van der Waals surface area contributed by atoms with Gasteiger partial charge in [0.2, 0.25) is 0 Å². The number of carbonyl (C=O) groups excluding carboxylic acids is 1. The van der Waals surface area contributed by atoms with Crippen LogP contribution in [0.3, 0.4) is 0 Å². The smallest absolute Gasteiger partial charge is 0.275 e. The lowest BCUT2D eigenvalue weighted by atomic mass is 10.00. The molecule has 2 aromatic rings. The molecule has 2 N–H and O–H groups in total. The van der Waals surface area contributed by atoms with Gasteiger partial charge in [0, 0.05) is 0 Å². The van der Waals surface area contributed by atoms with Crippen molar-refractivity contribution in [3.8, 4) is 0 Å². The predicted molar refractivity (Wildman–Crippen MR) is 96.1 cm³/mol. The van der Waals surface area contributed by atoms with Crippen molar-refractivity contribution in [3.05, 3.63) is 48.0 Å². The topological polar surface area (TPSA) is 42.8 Å². The minimum atomic E-state index is -0.00103. The molecule has 0 radical (unpaired) electrons. The molecular weight excluding hydrogens is 300 g/mol. The van der Waals surface area contributed by atoms with E-state index in [1.165, 1.54) is 21.2 Å². The molecule has 4 atom stereocenters. The summed E-state index contributed by atoms with van der Waals surface area (Å²) in [5.41, 5.74) is 1.17. The van der Waals surface area contributed by atoms with Gasteiger partial charge in [0.15, 0.2) is 6.54 Å². The SMILES string of the molecule is C[C@@H]1C[NH+](CC(=O)N[C@@H](C)c2cccc3ccccc23)C[C@H](C)O1. The number of fused-ring (bicyclic) bond motifs is 1. The highest BCUT2D eigenvalue weighted by Crippen LogP contribution is 2.23. The number of benzene rings is 2. The molecule has 4 nitrogen and oxygen atoms in total. The van der Waals surface area contributed by atoms with Crippen LogP contribution in [0, 0.1) is 0 Å². The van der Waals surface area contributed by atoms with Crippen molar-refractivity contribution >= 4 is 16.7 Å². The fourth-order valence-corrected chi connectivity index (χ4v) is 3.76. The first kappa shape index (κ1) is 16.9. The average Bonchev–Trinajstić information content (AvgIpc) is 2.53. The van der Waals surface area contributed by atoms with Crippen molar-refractivity contribution in [1.29, 1.82) is 0 Å². The molecule has 1 fully saturated rings. The van der Waals surface area contributed by atoms with E-state index in [-0.39, 0.29) is 24.2 Å². The summed E-state index contributed by atoms with van der Waals surface area (Å²) >= 11 is 0. The van der Waals surface area contributed by atoms with Crippen molar-refractivity contribution in [2.24, 2.45) is 0 Å². The van der Waals surface area contributed by atoms with Crippen molar-refractivity contribution < 1.29 is 14.4 Å². The lowest BCUT2D eigenvalue weighted by Gasteiger charge is -2.32. The van der Waals surface area contributed by atoms with Crippen LogP contribution in [0.15, 0.2) is 42.5 Å². The van der Waals surface area contributed by atoms with Crippen LogP contribution in [0.4, 0.5) is 0 Å². The monoisotopic (exact) mass is 327 g/mol. The number of morpholine rings is 1. The Hall–Kier alpha value is -1.91. The van der Waals surface area contributed by atoms with Crippen LogP contribution >= 0.6 is 0 Å². The van der Waals surface area contributed by atoms with Crippen LogP contribution in [0.1, 0.15) is 32.4 Å². The van der Waals surface area contributed by atoms with E-state index in [1.54, 1.807) is 0 Å². The Balaban J connectivity index is 1.65. The zero-order valence-electron chi connectivity index (χ0n) is 14.7. The van der Waals surface area contributed by atoms with Gasteiger partial charge in [-0.2, -0.15) is 0 Å². The van der Waals surface area contributed by atoms with Gasteiger partial charge in [0.05, 0.1) is 6.04 Å². The van der Waals surface area contributed by atoms with E-state index in [1.807, 2.05) is 12.1 Å². The van der Waals surface area contributed by atoms with Gasteiger partial charge < -0.3 is 15.0 Å². The third kappa shape index (κ3) is 3.94. The summed E-state index contributed by atoms with van der Waals surface area (Å²) in [7, 11) is 0. The molecule has 0 aliphatic carbocycles. The summed E-state index contributed by atoms with van der Waals surface area (Å²) < 4.78 is 5.74. The molecule has 1 heterocycles.